The predicted octanol–water partition coefficient (Wildman–Crippen LogP) is 2.46. The van der Waals surface area contributed by atoms with E-state index >= 15 is 0 Å². The van der Waals surface area contributed by atoms with Gasteiger partial charge in [-0.15, -0.1) is 0 Å². The van der Waals surface area contributed by atoms with Crippen LogP contribution in [-0.4, -0.2) is 42.9 Å². The number of likely N-dealkylation sites (tertiary alicyclic amines) is 1. The van der Waals surface area contributed by atoms with Crippen molar-refractivity contribution in [1.29, 1.82) is 0 Å². The zero-order valence-electron chi connectivity index (χ0n) is 10.9. The molecule has 2 heterocycles. The van der Waals surface area contributed by atoms with Crippen molar-refractivity contribution < 1.29 is 18.7 Å². The molecule has 4 nitrogen and oxygen atoms in total. The summed E-state index contributed by atoms with van der Waals surface area (Å²) in [6.45, 7) is 1.97. The number of benzene rings is 1. The van der Waals surface area contributed by atoms with Gasteiger partial charge < -0.3 is 14.4 Å². The molecule has 2 fully saturated rings. The maximum absolute atomic E-state index is 13.9. The van der Waals surface area contributed by atoms with Crippen molar-refractivity contribution in [3.63, 3.8) is 0 Å². The van der Waals surface area contributed by atoms with Crippen molar-refractivity contribution in [1.82, 2.24) is 4.90 Å². The Bertz CT molecular complexity index is 531. The number of ether oxygens (including phenoxy) is 2. The fraction of sp³-hybridized carbons (Fsp3) is 0.500. The summed E-state index contributed by atoms with van der Waals surface area (Å²) in [5.74, 6) is -1.75. The van der Waals surface area contributed by atoms with Crippen LogP contribution in [0.4, 0.5) is 4.39 Å². The highest BCUT2D eigenvalue weighted by Crippen LogP contribution is 2.31. The number of hydrogen-bond donors (Lipinski definition) is 0. The summed E-state index contributed by atoms with van der Waals surface area (Å²) in [7, 11) is 0. The van der Waals surface area contributed by atoms with Gasteiger partial charge in [0.05, 0.1) is 30.3 Å². The maximum Gasteiger partial charge on any atom is 0.257 e. The second kappa shape index (κ2) is 5.31. The smallest absolute Gasteiger partial charge is 0.257 e. The van der Waals surface area contributed by atoms with Gasteiger partial charge in [-0.05, 0) is 18.6 Å². The lowest BCUT2D eigenvalue weighted by Gasteiger charge is -2.38. The van der Waals surface area contributed by atoms with Crippen LogP contribution in [0.5, 0.6) is 0 Å². The van der Waals surface area contributed by atoms with E-state index < -0.39 is 11.6 Å². The average Bonchev–Trinajstić information content (AvgIpc) is 2.89. The van der Waals surface area contributed by atoms with Crippen molar-refractivity contribution >= 4 is 17.5 Å². The molecule has 1 spiro atoms. The van der Waals surface area contributed by atoms with Gasteiger partial charge in [0, 0.05) is 13.0 Å². The van der Waals surface area contributed by atoms with Gasteiger partial charge in [0.1, 0.15) is 0 Å². The van der Waals surface area contributed by atoms with E-state index in [-0.39, 0.29) is 16.5 Å². The Morgan fingerprint density at radius 1 is 1.35 bits per heavy atom. The number of nitrogens with zero attached hydrogens (tertiary/aromatic N) is 1. The molecule has 3 rings (SSSR count). The van der Waals surface area contributed by atoms with Crippen LogP contribution in [0.3, 0.4) is 0 Å². The van der Waals surface area contributed by atoms with E-state index in [1.54, 1.807) is 11.0 Å². The largest absolute Gasteiger partial charge is 0.346 e. The molecule has 0 saturated carbocycles. The van der Waals surface area contributed by atoms with E-state index in [2.05, 4.69) is 0 Å². The van der Waals surface area contributed by atoms with Crippen molar-refractivity contribution in [3.8, 4) is 0 Å². The van der Waals surface area contributed by atoms with Crippen LogP contribution in [0.2, 0.25) is 5.02 Å². The van der Waals surface area contributed by atoms with Crippen molar-refractivity contribution in [2.24, 2.45) is 0 Å². The van der Waals surface area contributed by atoms with E-state index in [0.717, 1.165) is 12.8 Å². The fourth-order valence-corrected chi connectivity index (χ4v) is 2.91. The first-order valence-corrected chi connectivity index (χ1v) is 7.00. The standard InChI is InChI=1S/C14H15ClFNO3/c15-11-4-1-3-10(12(11)16)13(18)17-6-2-5-14(9-17)19-7-8-20-14/h1,3-4H,2,5-9H2. The second-order valence-corrected chi connectivity index (χ2v) is 5.45. The van der Waals surface area contributed by atoms with Gasteiger partial charge in [0.15, 0.2) is 11.6 Å². The molecule has 1 amide bonds. The molecule has 2 saturated heterocycles. The molecule has 6 heteroatoms. The topological polar surface area (TPSA) is 38.8 Å². The van der Waals surface area contributed by atoms with Gasteiger partial charge in [-0.1, -0.05) is 17.7 Å². The Hall–Kier alpha value is -1.17. The number of hydrogen-bond acceptors (Lipinski definition) is 3. The first-order valence-electron chi connectivity index (χ1n) is 6.62. The second-order valence-electron chi connectivity index (χ2n) is 5.04. The van der Waals surface area contributed by atoms with Crippen LogP contribution < -0.4 is 0 Å². The summed E-state index contributed by atoms with van der Waals surface area (Å²) in [4.78, 5) is 14.0. The van der Waals surface area contributed by atoms with Gasteiger partial charge in [-0.2, -0.15) is 0 Å². The fourth-order valence-electron chi connectivity index (χ4n) is 2.73. The van der Waals surface area contributed by atoms with E-state index in [1.807, 2.05) is 0 Å². The van der Waals surface area contributed by atoms with E-state index in [1.165, 1.54) is 12.1 Å². The summed E-state index contributed by atoms with van der Waals surface area (Å²) in [5, 5.41) is -0.0454. The third kappa shape index (κ3) is 2.41. The molecule has 0 aliphatic carbocycles. The van der Waals surface area contributed by atoms with E-state index in [4.69, 9.17) is 21.1 Å². The Morgan fingerprint density at radius 3 is 2.85 bits per heavy atom. The lowest BCUT2D eigenvalue weighted by Crippen LogP contribution is -2.51. The molecule has 0 bridgehead atoms. The molecule has 1 aromatic carbocycles. The van der Waals surface area contributed by atoms with Gasteiger partial charge in [0.2, 0.25) is 0 Å². The molecule has 0 N–H and O–H groups in total. The van der Waals surface area contributed by atoms with Gasteiger partial charge in [-0.3, -0.25) is 4.79 Å². The van der Waals surface area contributed by atoms with Gasteiger partial charge in [0.25, 0.3) is 5.91 Å². The first-order chi connectivity index (χ1) is 9.61. The van der Waals surface area contributed by atoms with Crippen LogP contribution in [0.1, 0.15) is 23.2 Å². The molecule has 20 heavy (non-hydrogen) atoms. The summed E-state index contributed by atoms with van der Waals surface area (Å²) >= 11 is 5.72. The molecule has 1 aromatic rings. The first kappa shape index (κ1) is 13.8. The predicted molar refractivity (Wildman–Crippen MR) is 71.2 cm³/mol. The Labute approximate surface area is 121 Å². The molecular weight excluding hydrogens is 285 g/mol. The highest BCUT2D eigenvalue weighted by Gasteiger charge is 2.42. The molecule has 0 atom stereocenters. The minimum atomic E-state index is -0.705. The Kier molecular flexibility index (Phi) is 3.67. The lowest BCUT2D eigenvalue weighted by molar-refractivity contribution is -0.183. The maximum atomic E-state index is 13.9. The third-order valence-corrected chi connectivity index (χ3v) is 3.99. The third-order valence-electron chi connectivity index (χ3n) is 3.70. The zero-order valence-corrected chi connectivity index (χ0v) is 11.7. The summed E-state index contributed by atoms with van der Waals surface area (Å²) in [6, 6.07) is 4.44. The SMILES string of the molecule is O=C(c1cccc(Cl)c1F)N1CCCC2(C1)OCCO2. The van der Waals surface area contributed by atoms with Crippen molar-refractivity contribution in [2.75, 3.05) is 26.3 Å². The molecule has 0 aromatic heterocycles. The Morgan fingerprint density at radius 2 is 2.10 bits per heavy atom. The number of halogens is 2. The summed E-state index contributed by atoms with van der Waals surface area (Å²) in [5.41, 5.74) is -0.00690. The minimum absolute atomic E-state index is 0.00690. The molecule has 0 radical (unpaired) electrons. The van der Waals surface area contributed by atoms with Crippen LogP contribution >= 0.6 is 11.6 Å². The number of rotatable bonds is 1. The van der Waals surface area contributed by atoms with E-state index in [0.29, 0.717) is 26.3 Å². The highest BCUT2D eigenvalue weighted by molar-refractivity contribution is 6.31. The monoisotopic (exact) mass is 299 g/mol. The number of amides is 1. The molecule has 108 valence electrons. The minimum Gasteiger partial charge on any atom is -0.346 e. The van der Waals surface area contributed by atoms with Crippen LogP contribution in [-0.2, 0) is 9.47 Å². The molecule has 0 unspecified atom stereocenters. The van der Waals surface area contributed by atoms with Crippen LogP contribution in [0, 0.1) is 5.82 Å². The van der Waals surface area contributed by atoms with Gasteiger partial charge >= 0.3 is 0 Å². The van der Waals surface area contributed by atoms with Crippen molar-refractivity contribution in [2.45, 2.75) is 18.6 Å². The number of carbonyl (C=O) groups is 1. The number of carbonyl (C=O) groups excluding carboxylic acids is 1. The van der Waals surface area contributed by atoms with Crippen molar-refractivity contribution in [3.05, 3.63) is 34.6 Å². The molecule has 2 aliphatic rings. The molecule has 2 aliphatic heterocycles. The van der Waals surface area contributed by atoms with Crippen LogP contribution in [0.15, 0.2) is 18.2 Å². The Balaban J connectivity index is 1.81. The normalized spacial score (nSPS) is 21.4. The summed E-state index contributed by atoms with van der Waals surface area (Å²) in [6.07, 6.45) is 1.53. The molecular formula is C14H15ClFNO3. The summed E-state index contributed by atoms with van der Waals surface area (Å²) < 4.78 is 25.2. The number of piperidine rings is 1. The van der Waals surface area contributed by atoms with E-state index in [9.17, 15) is 9.18 Å². The highest BCUT2D eigenvalue weighted by atomic mass is 35.5. The quantitative estimate of drug-likeness (QED) is 0.799. The average molecular weight is 300 g/mol. The zero-order chi connectivity index (χ0) is 14.2. The van der Waals surface area contributed by atoms with Gasteiger partial charge in [-0.25, -0.2) is 4.39 Å². The lowest BCUT2D eigenvalue weighted by atomic mass is 10.0. The van der Waals surface area contributed by atoms with Crippen LogP contribution in [0.25, 0.3) is 0 Å².